The average Bonchev–Trinajstić information content (AvgIpc) is 2.72. The first kappa shape index (κ1) is 21.7. The van der Waals surface area contributed by atoms with Crippen LogP contribution >= 0.6 is 11.6 Å². The molecule has 2 aromatic rings. The summed E-state index contributed by atoms with van der Waals surface area (Å²) < 4.78 is 21.7. The predicted molar refractivity (Wildman–Crippen MR) is 109 cm³/mol. The van der Waals surface area contributed by atoms with Gasteiger partial charge in [-0.2, -0.15) is 0 Å². The standard InChI is InChI=1S/C21H26ClNO5/c1-23(11-12-28-17-8-6-16(22)7-9-17)20(24)10-5-15-13-18(25-2)21(27-4)19(14-15)26-3/h6-9,13-14H,5,10-12H2,1-4H3. The smallest absolute Gasteiger partial charge is 0.222 e. The van der Waals surface area contributed by atoms with Gasteiger partial charge < -0.3 is 23.8 Å². The number of amides is 1. The largest absolute Gasteiger partial charge is 0.493 e. The molecular formula is C21H26ClNO5. The van der Waals surface area contributed by atoms with Gasteiger partial charge >= 0.3 is 0 Å². The molecule has 0 fully saturated rings. The van der Waals surface area contributed by atoms with Crippen LogP contribution in [0.5, 0.6) is 23.0 Å². The molecule has 0 saturated carbocycles. The Morgan fingerprint density at radius 1 is 1.00 bits per heavy atom. The van der Waals surface area contributed by atoms with Gasteiger partial charge in [-0.15, -0.1) is 0 Å². The molecule has 0 saturated heterocycles. The topological polar surface area (TPSA) is 57.2 Å². The number of aryl methyl sites for hydroxylation is 1. The molecule has 0 aliphatic heterocycles. The number of hydrogen-bond donors (Lipinski definition) is 0. The zero-order valence-corrected chi connectivity index (χ0v) is 17.4. The number of carbonyl (C=O) groups excluding carboxylic acids is 1. The van der Waals surface area contributed by atoms with Gasteiger partial charge in [0.2, 0.25) is 11.7 Å². The van der Waals surface area contributed by atoms with Crippen LogP contribution < -0.4 is 18.9 Å². The van der Waals surface area contributed by atoms with Crippen molar-refractivity contribution in [3.05, 3.63) is 47.0 Å². The third kappa shape index (κ3) is 5.96. The van der Waals surface area contributed by atoms with Crippen LogP contribution in [0.1, 0.15) is 12.0 Å². The van der Waals surface area contributed by atoms with Gasteiger partial charge in [-0.1, -0.05) is 11.6 Å². The van der Waals surface area contributed by atoms with Gasteiger partial charge in [0.05, 0.1) is 27.9 Å². The second kappa shape index (κ2) is 10.7. The molecule has 0 aliphatic rings. The quantitative estimate of drug-likeness (QED) is 0.599. The summed E-state index contributed by atoms with van der Waals surface area (Å²) in [5.74, 6) is 2.45. The van der Waals surface area contributed by atoms with Crippen molar-refractivity contribution in [2.75, 3.05) is 41.5 Å². The van der Waals surface area contributed by atoms with Gasteiger partial charge in [0.1, 0.15) is 12.4 Å². The summed E-state index contributed by atoms with van der Waals surface area (Å²) in [4.78, 5) is 14.1. The zero-order valence-electron chi connectivity index (χ0n) is 16.7. The lowest BCUT2D eigenvalue weighted by Gasteiger charge is -2.18. The minimum absolute atomic E-state index is 0.0356. The second-order valence-corrected chi connectivity index (χ2v) is 6.59. The van der Waals surface area contributed by atoms with Crippen LogP contribution in [-0.2, 0) is 11.2 Å². The first-order chi connectivity index (χ1) is 13.5. The fourth-order valence-corrected chi connectivity index (χ4v) is 2.80. The maximum atomic E-state index is 12.4. The number of carbonyl (C=O) groups is 1. The van der Waals surface area contributed by atoms with Crippen molar-refractivity contribution in [2.24, 2.45) is 0 Å². The minimum Gasteiger partial charge on any atom is -0.493 e. The van der Waals surface area contributed by atoms with E-state index in [0.29, 0.717) is 48.3 Å². The summed E-state index contributed by atoms with van der Waals surface area (Å²) in [6, 6.07) is 10.9. The van der Waals surface area contributed by atoms with Gasteiger partial charge in [-0.05, 0) is 48.4 Å². The Bertz CT molecular complexity index is 754. The van der Waals surface area contributed by atoms with E-state index in [0.717, 1.165) is 11.3 Å². The van der Waals surface area contributed by atoms with E-state index in [4.69, 9.17) is 30.5 Å². The normalized spacial score (nSPS) is 10.3. The number of methoxy groups -OCH3 is 3. The lowest BCUT2D eigenvalue weighted by Crippen LogP contribution is -2.31. The van der Waals surface area contributed by atoms with Gasteiger partial charge in [0.25, 0.3) is 0 Å². The van der Waals surface area contributed by atoms with Crippen LogP contribution in [0.15, 0.2) is 36.4 Å². The Hall–Kier alpha value is -2.60. The lowest BCUT2D eigenvalue weighted by atomic mass is 10.1. The number of halogens is 1. The average molecular weight is 408 g/mol. The summed E-state index contributed by atoms with van der Waals surface area (Å²) in [6.07, 6.45) is 0.939. The maximum Gasteiger partial charge on any atom is 0.222 e. The van der Waals surface area contributed by atoms with E-state index >= 15 is 0 Å². The van der Waals surface area contributed by atoms with E-state index in [1.54, 1.807) is 57.5 Å². The number of rotatable bonds is 10. The number of hydrogen-bond acceptors (Lipinski definition) is 5. The highest BCUT2D eigenvalue weighted by molar-refractivity contribution is 6.30. The summed E-state index contributed by atoms with van der Waals surface area (Å²) >= 11 is 5.85. The summed E-state index contributed by atoms with van der Waals surface area (Å²) in [6.45, 7) is 0.908. The van der Waals surface area contributed by atoms with Gasteiger partial charge in [-0.3, -0.25) is 4.79 Å². The fraction of sp³-hybridized carbons (Fsp3) is 0.381. The first-order valence-electron chi connectivity index (χ1n) is 8.89. The minimum atomic E-state index is 0.0356. The van der Waals surface area contributed by atoms with Crippen LogP contribution in [-0.4, -0.2) is 52.3 Å². The van der Waals surface area contributed by atoms with Gasteiger partial charge in [-0.25, -0.2) is 0 Å². The van der Waals surface area contributed by atoms with Crippen molar-refractivity contribution < 1.29 is 23.7 Å². The van der Waals surface area contributed by atoms with Crippen molar-refractivity contribution in [3.8, 4) is 23.0 Å². The highest BCUT2D eigenvalue weighted by Crippen LogP contribution is 2.38. The predicted octanol–water partition coefficient (Wildman–Crippen LogP) is 3.84. The Labute approximate surface area is 170 Å². The van der Waals surface area contributed by atoms with Crippen LogP contribution in [0, 0.1) is 0 Å². The van der Waals surface area contributed by atoms with Gasteiger partial charge in [0.15, 0.2) is 11.5 Å². The van der Waals surface area contributed by atoms with E-state index in [1.807, 2.05) is 12.1 Å². The Balaban J connectivity index is 1.86. The van der Waals surface area contributed by atoms with Crippen molar-refractivity contribution in [1.82, 2.24) is 4.90 Å². The van der Waals surface area contributed by atoms with Crippen LogP contribution in [0.3, 0.4) is 0 Å². The summed E-state index contributed by atoms with van der Waals surface area (Å²) in [7, 11) is 6.47. The van der Waals surface area contributed by atoms with Crippen molar-refractivity contribution in [1.29, 1.82) is 0 Å². The Kier molecular flexibility index (Phi) is 8.26. The number of likely N-dealkylation sites (N-methyl/N-ethyl adjacent to an activating group) is 1. The van der Waals surface area contributed by atoms with Crippen LogP contribution in [0.4, 0.5) is 0 Å². The molecule has 0 aliphatic carbocycles. The highest BCUT2D eigenvalue weighted by Gasteiger charge is 2.15. The molecule has 0 aromatic heterocycles. The second-order valence-electron chi connectivity index (χ2n) is 6.15. The monoisotopic (exact) mass is 407 g/mol. The molecule has 6 nitrogen and oxygen atoms in total. The Morgan fingerprint density at radius 2 is 1.61 bits per heavy atom. The van der Waals surface area contributed by atoms with E-state index in [2.05, 4.69) is 0 Å². The van der Waals surface area contributed by atoms with Crippen molar-refractivity contribution in [3.63, 3.8) is 0 Å². The molecule has 0 spiro atoms. The molecular weight excluding hydrogens is 382 g/mol. The number of ether oxygens (including phenoxy) is 4. The molecule has 7 heteroatoms. The first-order valence-corrected chi connectivity index (χ1v) is 9.27. The van der Waals surface area contributed by atoms with E-state index in [9.17, 15) is 4.79 Å². The van der Waals surface area contributed by atoms with E-state index in [1.165, 1.54) is 0 Å². The molecule has 1 amide bonds. The lowest BCUT2D eigenvalue weighted by molar-refractivity contribution is -0.130. The molecule has 0 heterocycles. The number of benzene rings is 2. The molecule has 0 bridgehead atoms. The third-order valence-corrected chi connectivity index (χ3v) is 4.54. The van der Waals surface area contributed by atoms with Crippen molar-refractivity contribution >= 4 is 17.5 Å². The summed E-state index contributed by atoms with van der Waals surface area (Å²) in [5, 5.41) is 0.659. The Morgan fingerprint density at radius 3 is 2.14 bits per heavy atom. The molecule has 0 radical (unpaired) electrons. The summed E-state index contributed by atoms with van der Waals surface area (Å²) in [5.41, 5.74) is 0.939. The third-order valence-electron chi connectivity index (χ3n) is 4.29. The molecule has 2 aromatic carbocycles. The number of nitrogens with zero attached hydrogens (tertiary/aromatic N) is 1. The molecule has 0 atom stereocenters. The fourth-order valence-electron chi connectivity index (χ4n) is 2.68. The van der Waals surface area contributed by atoms with E-state index < -0.39 is 0 Å². The zero-order chi connectivity index (χ0) is 20.5. The molecule has 2 rings (SSSR count). The highest BCUT2D eigenvalue weighted by atomic mass is 35.5. The van der Waals surface area contributed by atoms with Crippen LogP contribution in [0.2, 0.25) is 5.02 Å². The molecule has 0 unspecified atom stereocenters. The molecule has 28 heavy (non-hydrogen) atoms. The van der Waals surface area contributed by atoms with Crippen LogP contribution in [0.25, 0.3) is 0 Å². The van der Waals surface area contributed by atoms with Gasteiger partial charge in [0, 0.05) is 18.5 Å². The van der Waals surface area contributed by atoms with E-state index in [-0.39, 0.29) is 5.91 Å². The molecule has 0 N–H and O–H groups in total. The van der Waals surface area contributed by atoms with Crippen molar-refractivity contribution in [2.45, 2.75) is 12.8 Å². The molecule has 152 valence electrons. The maximum absolute atomic E-state index is 12.4. The SMILES string of the molecule is COc1cc(CCC(=O)N(C)CCOc2ccc(Cl)cc2)cc(OC)c1OC.